The highest BCUT2D eigenvalue weighted by atomic mass is 16.3. The van der Waals surface area contributed by atoms with Gasteiger partial charge in [0, 0.05) is 25.2 Å². The van der Waals surface area contributed by atoms with Gasteiger partial charge in [-0.2, -0.15) is 0 Å². The Labute approximate surface area is 106 Å². The molecule has 3 heteroatoms. The fraction of sp³-hybridized carbons (Fsp3) is 1.00. The highest BCUT2D eigenvalue weighted by molar-refractivity contribution is 4.93. The van der Waals surface area contributed by atoms with Gasteiger partial charge in [-0.3, -0.25) is 4.90 Å². The Balaban J connectivity index is 1.89. The van der Waals surface area contributed by atoms with Crippen LogP contribution in [-0.2, 0) is 0 Å². The molecule has 2 N–H and O–H groups in total. The maximum absolute atomic E-state index is 10.1. The largest absolute Gasteiger partial charge is 0.393 e. The van der Waals surface area contributed by atoms with Crippen molar-refractivity contribution in [2.45, 2.75) is 64.1 Å². The van der Waals surface area contributed by atoms with Crippen LogP contribution in [0.25, 0.3) is 0 Å². The van der Waals surface area contributed by atoms with E-state index in [9.17, 15) is 5.11 Å². The topological polar surface area (TPSA) is 35.5 Å². The van der Waals surface area contributed by atoms with Crippen molar-refractivity contribution in [2.75, 3.05) is 19.6 Å². The van der Waals surface area contributed by atoms with Gasteiger partial charge in [-0.1, -0.05) is 13.8 Å². The lowest BCUT2D eigenvalue weighted by atomic mass is 9.88. The molecule has 3 nitrogen and oxygen atoms in total. The van der Waals surface area contributed by atoms with E-state index in [2.05, 4.69) is 24.1 Å². The average molecular weight is 240 g/mol. The lowest BCUT2D eigenvalue weighted by Gasteiger charge is -2.40. The minimum absolute atomic E-state index is 0.109. The van der Waals surface area contributed by atoms with E-state index in [0.29, 0.717) is 12.0 Å². The summed E-state index contributed by atoms with van der Waals surface area (Å²) < 4.78 is 0. The van der Waals surface area contributed by atoms with Gasteiger partial charge < -0.3 is 10.4 Å². The van der Waals surface area contributed by atoms with Crippen molar-refractivity contribution in [3.05, 3.63) is 0 Å². The van der Waals surface area contributed by atoms with E-state index in [1.807, 2.05) is 0 Å². The van der Waals surface area contributed by atoms with Crippen LogP contribution < -0.4 is 5.32 Å². The highest BCUT2D eigenvalue weighted by Crippen LogP contribution is 2.32. The Morgan fingerprint density at radius 3 is 2.65 bits per heavy atom. The lowest BCUT2D eigenvalue weighted by Crippen LogP contribution is -2.52. The molecule has 1 heterocycles. The van der Waals surface area contributed by atoms with Gasteiger partial charge in [0.2, 0.25) is 0 Å². The van der Waals surface area contributed by atoms with Crippen LogP contribution >= 0.6 is 0 Å². The summed E-state index contributed by atoms with van der Waals surface area (Å²) in [4.78, 5) is 2.61. The Morgan fingerprint density at radius 2 is 2.06 bits per heavy atom. The summed E-state index contributed by atoms with van der Waals surface area (Å²) in [5.74, 6) is 0.476. The number of rotatable bonds is 6. The molecule has 0 aromatic rings. The maximum atomic E-state index is 10.1. The predicted octanol–water partition coefficient (Wildman–Crippen LogP) is 1.61. The van der Waals surface area contributed by atoms with Crippen molar-refractivity contribution in [3.63, 3.8) is 0 Å². The first-order chi connectivity index (χ1) is 8.24. The van der Waals surface area contributed by atoms with Crippen molar-refractivity contribution >= 4 is 0 Å². The Hall–Kier alpha value is -0.120. The number of aliphatic hydroxyl groups is 1. The molecule has 2 aliphatic rings. The quantitative estimate of drug-likeness (QED) is 0.740. The van der Waals surface area contributed by atoms with Gasteiger partial charge in [-0.15, -0.1) is 0 Å². The minimum atomic E-state index is -0.109. The molecule has 1 saturated carbocycles. The molecular formula is C14H28N2O. The van der Waals surface area contributed by atoms with E-state index in [-0.39, 0.29) is 6.10 Å². The lowest BCUT2D eigenvalue weighted by molar-refractivity contribution is 0.0327. The van der Waals surface area contributed by atoms with Crippen molar-refractivity contribution in [3.8, 4) is 0 Å². The molecule has 2 fully saturated rings. The first-order valence-electron chi connectivity index (χ1n) is 7.40. The van der Waals surface area contributed by atoms with Gasteiger partial charge in [-0.25, -0.2) is 0 Å². The number of likely N-dealkylation sites (tertiary alicyclic amines) is 1. The predicted molar refractivity (Wildman–Crippen MR) is 71.1 cm³/mol. The molecule has 0 radical (unpaired) electrons. The maximum Gasteiger partial charge on any atom is 0.0578 e. The number of aliphatic hydroxyl groups excluding tert-OH is 1. The summed E-state index contributed by atoms with van der Waals surface area (Å²) >= 11 is 0. The van der Waals surface area contributed by atoms with E-state index in [1.165, 1.54) is 25.8 Å². The molecule has 0 amide bonds. The van der Waals surface area contributed by atoms with Gasteiger partial charge in [0.05, 0.1) is 6.10 Å². The second-order valence-electron chi connectivity index (χ2n) is 5.81. The molecule has 17 heavy (non-hydrogen) atoms. The van der Waals surface area contributed by atoms with Crippen LogP contribution in [0.3, 0.4) is 0 Å². The minimum Gasteiger partial charge on any atom is -0.393 e. The van der Waals surface area contributed by atoms with E-state index in [1.54, 1.807) is 0 Å². The third-order valence-corrected chi connectivity index (χ3v) is 4.22. The average Bonchev–Trinajstić information content (AvgIpc) is 3.19. The molecule has 0 aromatic carbocycles. The molecular weight excluding hydrogens is 212 g/mol. The van der Waals surface area contributed by atoms with Gasteiger partial charge in [-0.05, 0) is 44.6 Å². The summed E-state index contributed by atoms with van der Waals surface area (Å²) in [6, 6.07) is 1.42. The highest BCUT2D eigenvalue weighted by Gasteiger charge is 2.37. The number of nitrogens with one attached hydrogen (secondary N) is 1. The third-order valence-electron chi connectivity index (χ3n) is 4.22. The van der Waals surface area contributed by atoms with Crippen LogP contribution in [0, 0.1) is 5.92 Å². The normalized spacial score (nSPS) is 32.6. The van der Waals surface area contributed by atoms with E-state index < -0.39 is 0 Å². The van der Waals surface area contributed by atoms with Gasteiger partial charge >= 0.3 is 0 Å². The van der Waals surface area contributed by atoms with Crippen LogP contribution in [0.5, 0.6) is 0 Å². The molecule has 100 valence electrons. The molecule has 1 saturated heterocycles. The number of hydrogen-bond donors (Lipinski definition) is 2. The Kier molecular flexibility index (Phi) is 4.83. The Morgan fingerprint density at radius 1 is 1.29 bits per heavy atom. The first kappa shape index (κ1) is 13.3. The standard InChI is InChI=1S/C14H28N2O/c1-3-7-15-12-8-11(14(17)4-2)9-16(10-12)13-5-6-13/h11-15,17H,3-10H2,1-2H3. The molecule has 0 spiro atoms. The summed E-state index contributed by atoms with van der Waals surface area (Å²) in [6.45, 7) is 7.72. The van der Waals surface area contributed by atoms with Crippen molar-refractivity contribution in [2.24, 2.45) is 5.92 Å². The van der Waals surface area contributed by atoms with Gasteiger partial charge in [0.1, 0.15) is 0 Å². The zero-order valence-corrected chi connectivity index (χ0v) is 11.4. The molecule has 3 unspecified atom stereocenters. The van der Waals surface area contributed by atoms with Crippen LogP contribution in [-0.4, -0.2) is 47.8 Å². The summed E-state index contributed by atoms with van der Waals surface area (Å²) in [5.41, 5.74) is 0. The first-order valence-corrected chi connectivity index (χ1v) is 7.40. The molecule has 3 atom stereocenters. The summed E-state index contributed by atoms with van der Waals surface area (Å²) in [5, 5.41) is 13.7. The second kappa shape index (κ2) is 6.17. The third kappa shape index (κ3) is 3.67. The molecule has 0 bridgehead atoms. The van der Waals surface area contributed by atoms with Crippen molar-refractivity contribution in [1.29, 1.82) is 0 Å². The molecule has 2 rings (SSSR count). The van der Waals surface area contributed by atoms with Crippen molar-refractivity contribution < 1.29 is 5.11 Å². The summed E-state index contributed by atoms with van der Waals surface area (Å²) in [7, 11) is 0. The molecule has 0 aromatic heterocycles. The van der Waals surface area contributed by atoms with E-state index in [0.717, 1.165) is 32.0 Å². The second-order valence-corrected chi connectivity index (χ2v) is 5.81. The van der Waals surface area contributed by atoms with Crippen LogP contribution in [0.2, 0.25) is 0 Å². The Bertz CT molecular complexity index is 230. The van der Waals surface area contributed by atoms with E-state index >= 15 is 0 Å². The fourth-order valence-electron chi connectivity index (χ4n) is 3.02. The van der Waals surface area contributed by atoms with Crippen molar-refractivity contribution in [1.82, 2.24) is 10.2 Å². The number of piperidine rings is 1. The number of hydrogen-bond acceptors (Lipinski definition) is 3. The van der Waals surface area contributed by atoms with Crippen LogP contribution in [0.1, 0.15) is 46.0 Å². The van der Waals surface area contributed by atoms with Gasteiger partial charge in [0.25, 0.3) is 0 Å². The zero-order valence-electron chi connectivity index (χ0n) is 11.4. The smallest absolute Gasteiger partial charge is 0.0578 e. The SMILES string of the molecule is CCCNC1CC(C(O)CC)CN(C2CC2)C1. The zero-order chi connectivity index (χ0) is 12.3. The fourth-order valence-corrected chi connectivity index (χ4v) is 3.02. The van der Waals surface area contributed by atoms with Crippen LogP contribution in [0.4, 0.5) is 0 Å². The number of nitrogens with zero attached hydrogens (tertiary/aromatic N) is 1. The monoisotopic (exact) mass is 240 g/mol. The summed E-state index contributed by atoms with van der Waals surface area (Å²) in [6.07, 6.45) is 5.87. The molecule has 1 aliphatic carbocycles. The van der Waals surface area contributed by atoms with E-state index in [4.69, 9.17) is 0 Å². The van der Waals surface area contributed by atoms with Crippen LogP contribution in [0.15, 0.2) is 0 Å². The van der Waals surface area contributed by atoms with Gasteiger partial charge in [0.15, 0.2) is 0 Å². The molecule has 1 aliphatic heterocycles.